The van der Waals surface area contributed by atoms with Gasteiger partial charge in [0.25, 0.3) is 0 Å². The summed E-state index contributed by atoms with van der Waals surface area (Å²) in [6, 6.07) is 9.22. The normalized spacial score (nSPS) is 12.4. The molecule has 1 unspecified atom stereocenters. The van der Waals surface area contributed by atoms with Crippen LogP contribution in [-0.2, 0) is 19.4 Å². The number of rotatable bonds is 7. The summed E-state index contributed by atoms with van der Waals surface area (Å²) in [5.74, 6) is 0.666. The van der Waals surface area contributed by atoms with Gasteiger partial charge in [0.1, 0.15) is 12.4 Å². The van der Waals surface area contributed by atoms with Gasteiger partial charge in [-0.2, -0.15) is 5.10 Å². The van der Waals surface area contributed by atoms with Crippen molar-refractivity contribution in [3.8, 4) is 5.75 Å². The van der Waals surface area contributed by atoms with Crippen LogP contribution in [0.25, 0.3) is 0 Å². The van der Waals surface area contributed by atoms with E-state index in [9.17, 15) is 5.11 Å². The zero-order valence-electron chi connectivity index (χ0n) is 12.4. The van der Waals surface area contributed by atoms with Crippen molar-refractivity contribution >= 4 is 11.6 Å². The first-order valence-electron chi connectivity index (χ1n) is 7.24. The molecule has 0 aliphatic rings. The lowest BCUT2D eigenvalue weighted by atomic mass is 10.2. The van der Waals surface area contributed by atoms with Crippen molar-refractivity contribution < 1.29 is 9.84 Å². The summed E-state index contributed by atoms with van der Waals surface area (Å²) >= 11 is 5.89. The molecule has 0 aliphatic carbocycles. The van der Waals surface area contributed by atoms with Crippen LogP contribution in [0.15, 0.2) is 30.3 Å². The number of benzene rings is 1. The Morgan fingerprint density at radius 2 is 2.14 bits per heavy atom. The smallest absolute Gasteiger partial charge is 0.120 e. The van der Waals surface area contributed by atoms with E-state index in [-0.39, 0.29) is 6.61 Å². The van der Waals surface area contributed by atoms with Crippen molar-refractivity contribution in [3.63, 3.8) is 0 Å². The van der Waals surface area contributed by atoms with E-state index < -0.39 is 6.10 Å². The number of ether oxygens (including phenoxy) is 1. The van der Waals surface area contributed by atoms with Crippen molar-refractivity contribution in [2.24, 2.45) is 0 Å². The molecule has 0 saturated heterocycles. The van der Waals surface area contributed by atoms with Gasteiger partial charge in [-0.15, -0.1) is 0 Å². The van der Waals surface area contributed by atoms with Gasteiger partial charge in [-0.3, -0.25) is 4.68 Å². The van der Waals surface area contributed by atoms with Gasteiger partial charge in [0.15, 0.2) is 0 Å². The largest absolute Gasteiger partial charge is 0.491 e. The third-order valence-electron chi connectivity index (χ3n) is 3.26. The number of aliphatic hydroxyl groups excluding tert-OH is 1. The molecule has 4 nitrogen and oxygen atoms in total. The second-order valence-electron chi connectivity index (χ2n) is 4.92. The molecule has 0 spiro atoms. The first-order valence-corrected chi connectivity index (χ1v) is 7.62. The molecule has 114 valence electrons. The molecule has 0 amide bonds. The summed E-state index contributed by atoms with van der Waals surface area (Å²) in [6.07, 6.45) is 0.854. The molecule has 0 radical (unpaired) electrons. The Morgan fingerprint density at radius 1 is 1.33 bits per heavy atom. The van der Waals surface area contributed by atoms with E-state index in [4.69, 9.17) is 16.3 Å². The minimum absolute atomic E-state index is 0.233. The Bertz CT molecular complexity index is 583. The van der Waals surface area contributed by atoms with Crippen LogP contribution in [0.2, 0.25) is 5.02 Å². The Hall–Kier alpha value is -1.52. The number of hydrogen-bond acceptors (Lipinski definition) is 3. The predicted octanol–water partition coefficient (Wildman–Crippen LogP) is 3.10. The van der Waals surface area contributed by atoms with E-state index in [1.54, 1.807) is 12.1 Å². The first kappa shape index (κ1) is 15.9. The highest BCUT2D eigenvalue weighted by Gasteiger charge is 2.12. The molecule has 1 N–H and O–H groups in total. The Kier molecular flexibility index (Phi) is 5.65. The summed E-state index contributed by atoms with van der Waals surface area (Å²) in [5, 5.41) is 15.2. The molecule has 0 aliphatic heterocycles. The summed E-state index contributed by atoms with van der Waals surface area (Å²) in [5.41, 5.74) is 2.09. The van der Waals surface area contributed by atoms with Gasteiger partial charge in [-0.1, -0.05) is 24.6 Å². The molecule has 1 aromatic heterocycles. The van der Waals surface area contributed by atoms with Gasteiger partial charge >= 0.3 is 0 Å². The average molecular weight is 309 g/mol. The molecule has 2 rings (SSSR count). The highest BCUT2D eigenvalue weighted by atomic mass is 35.5. The van der Waals surface area contributed by atoms with Gasteiger partial charge in [0.05, 0.1) is 11.8 Å². The monoisotopic (exact) mass is 308 g/mol. The lowest BCUT2D eigenvalue weighted by molar-refractivity contribution is 0.106. The molecular formula is C16H21ClN2O2. The fraction of sp³-hybridized carbons (Fsp3) is 0.438. The quantitative estimate of drug-likeness (QED) is 0.855. The zero-order chi connectivity index (χ0) is 15.2. The van der Waals surface area contributed by atoms with Crippen molar-refractivity contribution in [1.29, 1.82) is 0 Å². The molecule has 2 aromatic rings. The predicted molar refractivity (Wildman–Crippen MR) is 83.9 cm³/mol. The maximum atomic E-state index is 10.1. The molecule has 0 bridgehead atoms. The molecule has 0 saturated carbocycles. The minimum atomic E-state index is -0.573. The van der Waals surface area contributed by atoms with Gasteiger partial charge in [-0.05, 0) is 37.6 Å². The summed E-state index contributed by atoms with van der Waals surface area (Å²) in [7, 11) is 0. The summed E-state index contributed by atoms with van der Waals surface area (Å²) in [6.45, 7) is 5.16. The van der Waals surface area contributed by atoms with E-state index in [1.165, 1.54) is 0 Å². The number of hydrogen-bond donors (Lipinski definition) is 1. The maximum Gasteiger partial charge on any atom is 0.120 e. The number of nitrogens with zero attached hydrogens (tertiary/aromatic N) is 2. The van der Waals surface area contributed by atoms with Crippen LogP contribution in [0.1, 0.15) is 25.2 Å². The Morgan fingerprint density at radius 3 is 2.81 bits per heavy atom. The van der Waals surface area contributed by atoms with E-state index in [0.29, 0.717) is 17.2 Å². The van der Waals surface area contributed by atoms with Crippen molar-refractivity contribution in [2.45, 2.75) is 39.3 Å². The third kappa shape index (κ3) is 4.48. The molecule has 1 heterocycles. The van der Waals surface area contributed by atoms with Gasteiger partial charge in [-0.25, -0.2) is 0 Å². The second kappa shape index (κ2) is 7.48. The lowest BCUT2D eigenvalue weighted by Gasteiger charge is -2.13. The van der Waals surface area contributed by atoms with Gasteiger partial charge in [0, 0.05) is 23.7 Å². The molecule has 0 fully saturated rings. The Labute approximate surface area is 130 Å². The fourth-order valence-corrected chi connectivity index (χ4v) is 2.36. The number of aryl methyl sites for hydroxylation is 2. The van der Waals surface area contributed by atoms with Crippen molar-refractivity contribution in [1.82, 2.24) is 9.78 Å². The maximum absolute atomic E-state index is 10.1. The van der Waals surface area contributed by atoms with Crippen LogP contribution < -0.4 is 4.74 Å². The van der Waals surface area contributed by atoms with Crippen LogP contribution in [0.3, 0.4) is 0 Å². The summed E-state index contributed by atoms with van der Waals surface area (Å²) in [4.78, 5) is 0. The minimum Gasteiger partial charge on any atom is -0.491 e. The highest BCUT2D eigenvalue weighted by molar-refractivity contribution is 6.30. The van der Waals surface area contributed by atoms with Gasteiger partial charge < -0.3 is 9.84 Å². The Balaban J connectivity index is 1.92. The molecule has 1 atom stereocenters. The molecule has 21 heavy (non-hydrogen) atoms. The molecule has 1 aromatic carbocycles. The average Bonchev–Trinajstić information content (AvgIpc) is 2.87. The van der Waals surface area contributed by atoms with E-state index in [0.717, 1.165) is 24.4 Å². The SMILES string of the molecule is CCc1cc(CC(O)COc2cccc(Cl)c2)n(CC)n1. The third-order valence-corrected chi connectivity index (χ3v) is 3.49. The first-order chi connectivity index (χ1) is 10.1. The number of aliphatic hydroxyl groups is 1. The van der Waals surface area contributed by atoms with Crippen LogP contribution in [-0.4, -0.2) is 27.6 Å². The van der Waals surface area contributed by atoms with Crippen LogP contribution in [0.5, 0.6) is 5.75 Å². The number of halogens is 1. The highest BCUT2D eigenvalue weighted by Crippen LogP contribution is 2.17. The van der Waals surface area contributed by atoms with E-state index in [1.807, 2.05) is 29.8 Å². The fourth-order valence-electron chi connectivity index (χ4n) is 2.18. The molecular weight excluding hydrogens is 288 g/mol. The standard InChI is InChI=1S/C16H21ClN2O2/c1-3-13-9-14(19(4-2)18-13)10-15(20)11-21-16-7-5-6-12(17)8-16/h5-9,15,20H,3-4,10-11H2,1-2H3. The second-order valence-corrected chi connectivity index (χ2v) is 5.36. The van der Waals surface area contributed by atoms with Crippen LogP contribution in [0, 0.1) is 0 Å². The van der Waals surface area contributed by atoms with Crippen molar-refractivity contribution in [3.05, 3.63) is 46.7 Å². The number of aromatic nitrogens is 2. The lowest BCUT2D eigenvalue weighted by Crippen LogP contribution is -2.22. The zero-order valence-corrected chi connectivity index (χ0v) is 13.2. The molecule has 5 heteroatoms. The van der Waals surface area contributed by atoms with Crippen molar-refractivity contribution in [2.75, 3.05) is 6.61 Å². The van der Waals surface area contributed by atoms with E-state index >= 15 is 0 Å². The topological polar surface area (TPSA) is 47.3 Å². The van der Waals surface area contributed by atoms with Crippen LogP contribution >= 0.6 is 11.6 Å². The van der Waals surface area contributed by atoms with E-state index in [2.05, 4.69) is 12.0 Å². The summed E-state index contributed by atoms with van der Waals surface area (Å²) < 4.78 is 7.50. The van der Waals surface area contributed by atoms with Gasteiger partial charge in [0.2, 0.25) is 0 Å². The van der Waals surface area contributed by atoms with Crippen LogP contribution in [0.4, 0.5) is 0 Å².